The molecule has 2 nitrogen and oxygen atoms in total. The summed E-state index contributed by atoms with van der Waals surface area (Å²) >= 11 is 6.71. The van der Waals surface area contributed by atoms with Crippen LogP contribution in [0, 0.1) is 11.6 Å². The first-order chi connectivity index (χ1) is 9.97. The van der Waals surface area contributed by atoms with E-state index in [1.54, 1.807) is 25.1 Å². The Morgan fingerprint density at radius 3 is 2.57 bits per heavy atom. The zero-order valence-electron chi connectivity index (χ0n) is 11.1. The summed E-state index contributed by atoms with van der Waals surface area (Å²) in [5, 5.41) is 2.14. The van der Waals surface area contributed by atoms with Gasteiger partial charge < -0.3 is 5.32 Å². The van der Waals surface area contributed by atoms with E-state index in [0.717, 1.165) is 17.8 Å². The average molecular weight is 328 g/mol. The molecule has 1 amide bonds. The second kappa shape index (κ2) is 6.91. The first-order valence-electron chi connectivity index (χ1n) is 6.14. The number of hydrogen-bond donors (Lipinski definition) is 1. The summed E-state index contributed by atoms with van der Waals surface area (Å²) in [4.78, 5) is 12.4. The highest BCUT2D eigenvalue weighted by Crippen LogP contribution is 2.27. The molecule has 110 valence electrons. The molecule has 0 bridgehead atoms. The predicted molar refractivity (Wildman–Crippen MR) is 81.8 cm³/mol. The van der Waals surface area contributed by atoms with Crippen molar-refractivity contribution in [1.29, 1.82) is 0 Å². The van der Waals surface area contributed by atoms with Crippen LogP contribution in [0.4, 0.5) is 14.5 Å². The van der Waals surface area contributed by atoms with E-state index in [1.807, 2.05) is 0 Å². The van der Waals surface area contributed by atoms with Gasteiger partial charge in [0.1, 0.15) is 11.6 Å². The van der Waals surface area contributed by atoms with Gasteiger partial charge in [0.2, 0.25) is 5.91 Å². The molecule has 1 atom stereocenters. The normalized spacial score (nSPS) is 12.0. The van der Waals surface area contributed by atoms with Crippen molar-refractivity contribution < 1.29 is 13.6 Å². The Hall–Kier alpha value is -1.59. The van der Waals surface area contributed by atoms with Gasteiger partial charge in [0.25, 0.3) is 0 Å². The van der Waals surface area contributed by atoms with Crippen LogP contribution in [0.3, 0.4) is 0 Å². The Bertz CT molecular complexity index is 666. The molecule has 0 saturated heterocycles. The third kappa shape index (κ3) is 4.19. The maximum atomic E-state index is 13.6. The fourth-order valence-corrected chi connectivity index (χ4v) is 2.65. The molecule has 0 aliphatic rings. The van der Waals surface area contributed by atoms with Crippen molar-refractivity contribution in [3.8, 4) is 0 Å². The molecular formula is C15H12ClF2NOS. The smallest absolute Gasteiger partial charge is 0.237 e. The maximum Gasteiger partial charge on any atom is 0.237 e. The van der Waals surface area contributed by atoms with E-state index < -0.39 is 17.0 Å². The molecule has 6 heteroatoms. The number of carbonyl (C=O) groups excluding carboxylic acids is 1. The second-order valence-corrected chi connectivity index (χ2v) is 6.12. The summed E-state index contributed by atoms with van der Waals surface area (Å²) in [6, 6.07) is 10.2. The third-order valence-electron chi connectivity index (χ3n) is 2.70. The van der Waals surface area contributed by atoms with E-state index in [4.69, 9.17) is 11.6 Å². The molecule has 0 aliphatic heterocycles. The molecule has 0 unspecified atom stereocenters. The highest BCUT2D eigenvalue weighted by molar-refractivity contribution is 8.00. The molecule has 0 saturated carbocycles. The molecular weight excluding hydrogens is 316 g/mol. The van der Waals surface area contributed by atoms with Gasteiger partial charge >= 0.3 is 0 Å². The zero-order valence-corrected chi connectivity index (χ0v) is 12.6. The van der Waals surface area contributed by atoms with Gasteiger partial charge in [-0.25, -0.2) is 8.78 Å². The first kappa shape index (κ1) is 15.8. The fraction of sp³-hybridized carbons (Fsp3) is 0.133. The lowest BCUT2D eigenvalue weighted by molar-refractivity contribution is -0.115. The quantitative estimate of drug-likeness (QED) is 0.822. The SMILES string of the molecule is C[C@H](Sc1ccccc1F)C(=O)Nc1ccc(Cl)cc1F. The number of hydrogen-bond acceptors (Lipinski definition) is 2. The van der Waals surface area contributed by atoms with Gasteiger partial charge in [0.15, 0.2) is 0 Å². The number of anilines is 1. The first-order valence-corrected chi connectivity index (χ1v) is 7.40. The number of nitrogens with one attached hydrogen (secondary N) is 1. The van der Waals surface area contributed by atoms with Gasteiger partial charge in [-0.3, -0.25) is 4.79 Å². The van der Waals surface area contributed by atoms with Crippen molar-refractivity contribution in [2.24, 2.45) is 0 Å². The highest BCUT2D eigenvalue weighted by Gasteiger charge is 2.17. The van der Waals surface area contributed by atoms with E-state index in [0.29, 0.717) is 4.90 Å². The summed E-state index contributed by atoms with van der Waals surface area (Å²) in [5.41, 5.74) is 0.0467. The van der Waals surface area contributed by atoms with Crippen LogP contribution >= 0.6 is 23.4 Å². The van der Waals surface area contributed by atoms with Crippen molar-refractivity contribution in [3.05, 3.63) is 59.1 Å². The number of benzene rings is 2. The van der Waals surface area contributed by atoms with Gasteiger partial charge in [-0.15, -0.1) is 11.8 Å². The number of thioether (sulfide) groups is 1. The molecule has 0 fully saturated rings. The van der Waals surface area contributed by atoms with Crippen LogP contribution in [0.2, 0.25) is 5.02 Å². The van der Waals surface area contributed by atoms with E-state index >= 15 is 0 Å². The molecule has 0 spiro atoms. The van der Waals surface area contributed by atoms with Gasteiger partial charge in [-0.05, 0) is 37.3 Å². The largest absolute Gasteiger partial charge is 0.323 e. The predicted octanol–water partition coefficient (Wildman–Crippen LogP) is 4.74. The van der Waals surface area contributed by atoms with Gasteiger partial charge in [0, 0.05) is 9.92 Å². The molecule has 1 N–H and O–H groups in total. The lowest BCUT2D eigenvalue weighted by atomic mass is 10.3. The van der Waals surface area contributed by atoms with Crippen molar-refractivity contribution >= 4 is 35.0 Å². The Kier molecular flexibility index (Phi) is 5.20. The summed E-state index contributed by atoms with van der Waals surface area (Å²) < 4.78 is 27.1. The van der Waals surface area contributed by atoms with E-state index in [2.05, 4.69) is 5.32 Å². The molecule has 2 aromatic rings. The summed E-state index contributed by atoms with van der Waals surface area (Å²) in [6.45, 7) is 1.63. The molecule has 21 heavy (non-hydrogen) atoms. The minimum absolute atomic E-state index is 0.0467. The minimum atomic E-state index is -0.612. The molecule has 2 aromatic carbocycles. The lowest BCUT2D eigenvalue weighted by Crippen LogP contribution is -2.23. The Labute approximate surface area is 130 Å². The Morgan fingerprint density at radius 2 is 1.90 bits per heavy atom. The lowest BCUT2D eigenvalue weighted by Gasteiger charge is -2.13. The Balaban J connectivity index is 2.04. The number of carbonyl (C=O) groups is 1. The van der Waals surface area contributed by atoms with Crippen molar-refractivity contribution in [1.82, 2.24) is 0 Å². The molecule has 0 aromatic heterocycles. The molecule has 0 heterocycles. The minimum Gasteiger partial charge on any atom is -0.323 e. The van der Waals surface area contributed by atoms with Gasteiger partial charge in [-0.1, -0.05) is 23.7 Å². The zero-order chi connectivity index (χ0) is 15.4. The van der Waals surface area contributed by atoms with Crippen LogP contribution in [-0.2, 0) is 4.79 Å². The fourth-order valence-electron chi connectivity index (χ4n) is 1.61. The molecule has 2 rings (SSSR count). The van der Waals surface area contributed by atoms with E-state index in [-0.39, 0.29) is 16.5 Å². The topological polar surface area (TPSA) is 29.1 Å². The standard InChI is InChI=1S/C15H12ClF2NOS/c1-9(21-14-5-3-2-4-11(14)17)15(20)19-13-7-6-10(16)8-12(13)18/h2-9H,1H3,(H,19,20)/t9-/m0/s1. The summed E-state index contributed by atoms with van der Waals surface area (Å²) in [6.07, 6.45) is 0. The molecule has 0 radical (unpaired) electrons. The van der Waals surface area contributed by atoms with Crippen LogP contribution in [0.25, 0.3) is 0 Å². The van der Waals surface area contributed by atoms with Crippen LogP contribution in [-0.4, -0.2) is 11.2 Å². The molecule has 0 aliphatic carbocycles. The average Bonchev–Trinajstić information content (AvgIpc) is 2.44. The number of rotatable bonds is 4. The highest BCUT2D eigenvalue weighted by atomic mass is 35.5. The van der Waals surface area contributed by atoms with Crippen LogP contribution < -0.4 is 5.32 Å². The van der Waals surface area contributed by atoms with Crippen LogP contribution in [0.1, 0.15) is 6.92 Å². The van der Waals surface area contributed by atoms with Gasteiger partial charge in [0.05, 0.1) is 10.9 Å². The number of halogens is 3. The monoisotopic (exact) mass is 327 g/mol. The van der Waals surface area contributed by atoms with E-state index in [9.17, 15) is 13.6 Å². The van der Waals surface area contributed by atoms with Gasteiger partial charge in [-0.2, -0.15) is 0 Å². The van der Waals surface area contributed by atoms with Crippen LogP contribution in [0.15, 0.2) is 47.4 Å². The van der Waals surface area contributed by atoms with Crippen molar-refractivity contribution in [2.75, 3.05) is 5.32 Å². The van der Waals surface area contributed by atoms with Crippen LogP contribution in [0.5, 0.6) is 0 Å². The second-order valence-electron chi connectivity index (χ2n) is 4.30. The Morgan fingerprint density at radius 1 is 1.19 bits per heavy atom. The summed E-state index contributed by atoms with van der Waals surface area (Å²) in [7, 11) is 0. The maximum absolute atomic E-state index is 13.6. The number of amides is 1. The third-order valence-corrected chi connectivity index (χ3v) is 4.09. The summed E-state index contributed by atoms with van der Waals surface area (Å²) in [5.74, 6) is -1.41. The van der Waals surface area contributed by atoms with Crippen molar-refractivity contribution in [2.45, 2.75) is 17.1 Å². The van der Waals surface area contributed by atoms with E-state index in [1.165, 1.54) is 18.2 Å². The van der Waals surface area contributed by atoms with Crippen molar-refractivity contribution in [3.63, 3.8) is 0 Å².